The number of hydrogen-bond acceptors (Lipinski definition) is 2. The Morgan fingerprint density at radius 3 is 2.47 bits per heavy atom. The topological polar surface area (TPSA) is 24.9 Å². The summed E-state index contributed by atoms with van der Waals surface area (Å²) in [6, 6.07) is 13.3. The molecule has 1 aromatic heterocycles. The molecule has 2 heteroatoms. The van der Waals surface area contributed by atoms with Gasteiger partial charge in [0, 0.05) is 18.4 Å². The SMILES string of the molecule is CCNC(Cc1ccncc1)Cc1ccccc1C. The van der Waals surface area contributed by atoms with Crippen LogP contribution in [0.1, 0.15) is 23.6 Å². The molecule has 0 spiro atoms. The van der Waals surface area contributed by atoms with E-state index in [2.05, 4.69) is 60.5 Å². The zero-order chi connectivity index (χ0) is 13.5. The van der Waals surface area contributed by atoms with Gasteiger partial charge in [0.15, 0.2) is 0 Å². The van der Waals surface area contributed by atoms with Gasteiger partial charge in [0.05, 0.1) is 0 Å². The van der Waals surface area contributed by atoms with Crippen molar-refractivity contribution in [2.75, 3.05) is 6.54 Å². The van der Waals surface area contributed by atoms with Crippen molar-refractivity contribution in [2.45, 2.75) is 32.7 Å². The van der Waals surface area contributed by atoms with Gasteiger partial charge in [-0.3, -0.25) is 4.98 Å². The molecule has 19 heavy (non-hydrogen) atoms. The van der Waals surface area contributed by atoms with Crippen LogP contribution in [-0.4, -0.2) is 17.6 Å². The summed E-state index contributed by atoms with van der Waals surface area (Å²) in [7, 11) is 0. The zero-order valence-electron chi connectivity index (χ0n) is 11.8. The number of aromatic nitrogens is 1. The van der Waals surface area contributed by atoms with Crippen molar-refractivity contribution in [1.29, 1.82) is 0 Å². The molecular formula is C17H22N2. The van der Waals surface area contributed by atoms with E-state index in [4.69, 9.17) is 0 Å². The van der Waals surface area contributed by atoms with Crippen molar-refractivity contribution in [2.24, 2.45) is 0 Å². The van der Waals surface area contributed by atoms with Crippen molar-refractivity contribution in [3.63, 3.8) is 0 Å². The first kappa shape index (κ1) is 13.8. The number of nitrogens with zero attached hydrogens (tertiary/aromatic N) is 1. The fourth-order valence-corrected chi connectivity index (χ4v) is 2.41. The van der Waals surface area contributed by atoms with E-state index < -0.39 is 0 Å². The van der Waals surface area contributed by atoms with E-state index in [1.54, 1.807) is 0 Å². The average Bonchev–Trinajstić information content (AvgIpc) is 2.43. The Morgan fingerprint density at radius 2 is 1.79 bits per heavy atom. The second-order valence-electron chi connectivity index (χ2n) is 4.94. The molecule has 2 rings (SSSR count). The summed E-state index contributed by atoms with van der Waals surface area (Å²) in [4.78, 5) is 4.08. The Kier molecular flexibility index (Phi) is 5.10. The number of nitrogens with one attached hydrogen (secondary N) is 1. The largest absolute Gasteiger partial charge is 0.314 e. The summed E-state index contributed by atoms with van der Waals surface area (Å²) in [5, 5.41) is 3.59. The lowest BCUT2D eigenvalue weighted by Gasteiger charge is -2.19. The number of aryl methyl sites for hydroxylation is 1. The van der Waals surface area contributed by atoms with E-state index in [9.17, 15) is 0 Å². The number of likely N-dealkylation sites (N-methyl/N-ethyl adjacent to an activating group) is 1. The summed E-state index contributed by atoms with van der Waals surface area (Å²) >= 11 is 0. The highest BCUT2D eigenvalue weighted by atomic mass is 14.9. The second-order valence-corrected chi connectivity index (χ2v) is 4.94. The zero-order valence-corrected chi connectivity index (χ0v) is 11.8. The summed E-state index contributed by atoms with van der Waals surface area (Å²) < 4.78 is 0. The molecule has 0 amide bonds. The molecule has 0 aliphatic rings. The average molecular weight is 254 g/mol. The van der Waals surface area contributed by atoms with Gasteiger partial charge in [-0.25, -0.2) is 0 Å². The molecule has 1 atom stereocenters. The molecule has 0 fully saturated rings. The first-order chi connectivity index (χ1) is 9.29. The van der Waals surface area contributed by atoms with Crippen molar-refractivity contribution >= 4 is 0 Å². The Morgan fingerprint density at radius 1 is 1.05 bits per heavy atom. The van der Waals surface area contributed by atoms with E-state index in [0.717, 1.165) is 19.4 Å². The van der Waals surface area contributed by atoms with Crippen LogP contribution < -0.4 is 5.32 Å². The van der Waals surface area contributed by atoms with E-state index in [-0.39, 0.29) is 0 Å². The minimum atomic E-state index is 0.480. The lowest BCUT2D eigenvalue weighted by Crippen LogP contribution is -2.33. The van der Waals surface area contributed by atoms with Crippen LogP contribution in [0.25, 0.3) is 0 Å². The number of rotatable bonds is 6. The molecule has 0 saturated carbocycles. The van der Waals surface area contributed by atoms with Crippen LogP contribution in [0.4, 0.5) is 0 Å². The highest BCUT2D eigenvalue weighted by Crippen LogP contribution is 2.12. The maximum Gasteiger partial charge on any atom is 0.0270 e. The molecule has 1 N–H and O–H groups in total. The fourth-order valence-electron chi connectivity index (χ4n) is 2.41. The molecule has 0 aliphatic heterocycles. The van der Waals surface area contributed by atoms with Gasteiger partial charge in [-0.2, -0.15) is 0 Å². The molecule has 1 aromatic carbocycles. The number of hydrogen-bond donors (Lipinski definition) is 1. The van der Waals surface area contributed by atoms with E-state index in [1.807, 2.05) is 12.4 Å². The molecular weight excluding hydrogens is 232 g/mol. The lowest BCUT2D eigenvalue weighted by molar-refractivity contribution is 0.520. The van der Waals surface area contributed by atoms with Crippen LogP contribution in [0, 0.1) is 6.92 Å². The van der Waals surface area contributed by atoms with Crippen LogP contribution in [-0.2, 0) is 12.8 Å². The Bertz CT molecular complexity index is 494. The summed E-state index contributed by atoms with van der Waals surface area (Å²) in [6.45, 7) is 5.35. The Labute approximate surface area is 115 Å². The third kappa shape index (κ3) is 4.18. The summed E-state index contributed by atoms with van der Waals surface area (Å²) in [5.74, 6) is 0. The second kappa shape index (κ2) is 7.05. The molecule has 0 bridgehead atoms. The van der Waals surface area contributed by atoms with Gasteiger partial charge in [-0.15, -0.1) is 0 Å². The highest BCUT2D eigenvalue weighted by Gasteiger charge is 2.10. The van der Waals surface area contributed by atoms with Crippen LogP contribution in [0.2, 0.25) is 0 Å². The molecule has 0 aliphatic carbocycles. The third-order valence-corrected chi connectivity index (χ3v) is 3.45. The van der Waals surface area contributed by atoms with Gasteiger partial charge in [0.2, 0.25) is 0 Å². The molecule has 2 nitrogen and oxygen atoms in total. The third-order valence-electron chi connectivity index (χ3n) is 3.45. The van der Waals surface area contributed by atoms with Crippen LogP contribution >= 0.6 is 0 Å². The predicted molar refractivity (Wildman–Crippen MR) is 80.3 cm³/mol. The number of pyridine rings is 1. The molecule has 0 radical (unpaired) electrons. The van der Waals surface area contributed by atoms with Gasteiger partial charge < -0.3 is 5.32 Å². The van der Waals surface area contributed by atoms with E-state index >= 15 is 0 Å². The van der Waals surface area contributed by atoms with Gasteiger partial charge in [0.25, 0.3) is 0 Å². The van der Waals surface area contributed by atoms with Gasteiger partial charge in [0.1, 0.15) is 0 Å². The van der Waals surface area contributed by atoms with E-state index in [1.165, 1.54) is 16.7 Å². The standard InChI is InChI=1S/C17H22N2/c1-3-19-17(12-15-8-10-18-11-9-15)13-16-7-5-4-6-14(16)2/h4-11,17,19H,3,12-13H2,1-2H3. The highest BCUT2D eigenvalue weighted by molar-refractivity contribution is 5.27. The van der Waals surface area contributed by atoms with Crippen LogP contribution in [0.5, 0.6) is 0 Å². The smallest absolute Gasteiger partial charge is 0.0270 e. The lowest BCUT2D eigenvalue weighted by atomic mass is 9.97. The first-order valence-corrected chi connectivity index (χ1v) is 6.96. The molecule has 0 saturated heterocycles. The number of benzene rings is 1. The molecule has 2 aromatic rings. The summed E-state index contributed by atoms with van der Waals surface area (Å²) in [5.41, 5.74) is 4.15. The van der Waals surface area contributed by atoms with Crippen molar-refractivity contribution in [3.8, 4) is 0 Å². The maximum atomic E-state index is 4.08. The summed E-state index contributed by atoms with van der Waals surface area (Å²) in [6.07, 6.45) is 5.85. The first-order valence-electron chi connectivity index (χ1n) is 6.96. The van der Waals surface area contributed by atoms with Crippen LogP contribution in [0.3, 0.4) is 0 Å². The minimum absolute atomic E-state index is 0.480. The van der Waals surface area contributed by atoms with E-state index in [0.29, 0.717) is 6.04 Å². The molecule has 100 valence electrons. The van der Waals surface area contributed by atoms with Gasteiger partial charge in [-0.05, 0) is 55.1 Å². The van der Waals surface area contributed by atoms with Gasteiger partial charge in [-0.1, -0.05) is 31.2 Å². The Hall–Kier alpha value is -1.67. The Balaban J connectivity index is 2.06. The quantitative estimate of drug-likeness (QED) is 0.856. The monoisotopic (exact) mass is 254 g/mol. The van der Waals surface area contributed by atoms with Crippen molar-refractivity contribution < 1.29 is 0 Å². The maximum absolute atomic E-state index is 4.08. The molecule has 1 heterocycles. The van der Waals surface area contributed by atoms with Gasteiger partial charge >= 0.3 is 0 Å². The van der Waals surface area contributed by atoms with Crippen molar-refractivity contribution in [3.05, 3.63) is 65.5 Å². The van der Waals surface area contributed by atoms with Crippen molar-refractivity contribution in [1.82, 2.24) is 10.3 Å². The normalized spacial score (nSPS) is 12.3. The minimum Gasteiger partial charge on any atom is -0.314 e. The predicted octanol–water partition coefficient (Wildman–Crippen LogP) is 3.15. The van der Waals surface area contributed by atoms with Crippen LogP contribution in [0.15, 0.2) is 48.8 Å². The fraction of sp³-hybridized carbons (Fsp3) is 0.353. The molecule has 1 unspecified atom stereocenters.